The predicted octanol–water partition coefficient (Wildman–Crippen LogP) is 5.37. The van der Waals surface area contributed by atoms with Gasteiger partial charge in [-0.3, -0.25) is 10.1 Å². The van der Waals surface area contributed by atoms with Crippen LogP contribution in [0.1, 0.15) is 15.2 Å². The molecule has 0 unspecified atom stereocenters. The zero-order valence-electron chi connectivity index (χ0n) is 15.9. The smallest absolute Gasteiger partial charge is 0.341 e. The van der Waals surface area contributed by atoms with Gasteiger partial charge in [0.1, 0.15) is 16.4 Å². The van der Waals surface area contributed by atoms with Gasteiger partial charge in [-0.2, -0.15) is 0 Å². The van der Waals surface area contributed by atoms with Gasteiger partial charge in [-0.25, -0.2) is 9.18 Å². The van der Waals surface area contributed by atoms with Crippen LogP contribution in [0.15, 0.2) is 48.5 Å². The summed E-state index contributed by atoms with van der Waals surface area (Å²) in [7, 11) is 1.28. The van der Waals surface area contributed by atoms with Gasteiger partial charge in [0, 0.05) is 22.6 Å². The van der Waals surface area contributed by atoms with Crippen molar-refractivity contribution in [2.24, 2.45) is 0 Å². The van der Waals surface area contributed by atoms with Gasteiger partial charge in [0.15, 0.2) is 5.11 Å². The van der Waals surface area contributed by atoms with Crippen molar-refractivity contribution in [3.63, 3.8) is 0 Å². The zero-order valence-corrected chi connectivity index (χ0v) is 17.5. The van der Waals surface area contributed by atoms with Gasteiger partial charge in [-0.05, 0) is 30.8 Å². The zero-order chi connectivity index (χ0) is 21.8. The van der Waals surface area contributed by atoms with Crippen LogP contribution in [-0.2, 0) is 4.74 Å². The van der Waals surface area contributed by atoms with Gasteiger partial charge in [-0.1, -0.05) is 30.3 Å². The fourth-order valence-corrected chi connectivity index (χ4v) is 4.21. The van der Waals surface area contributed by atoms with Gasteiger partial charge >= 0.3 is 5.97 Å². The number of nitrogens with zero attached hydrogens (tertiary/aromatic N) is 1. The minimum absolute atomic E-state index is 0.0274. The second-order valence-corrected chi connectivity index (χ2v) is 7.73. The first kappa shape index (κ1) is 21.3. The van der Waals surface area contributed by atoms with Crippen molar-refractivity contribution in [3.8, 4) is 11.1 Å². The summed E-state index contributed by atoms with van der Waals surface area (Å²) in [5.41, 5.74) is 1.41. The molecule has 154 valence electrons. The Balaban J connectivity index is 1.93. The molecular weight excluding hydrogens is 429 g/mol. The second-order valence-electron chi connectivity index (χ2n) is 6.10. The number of nitro groups is 1. The van der Waals surface area contributed by atoms with Gasteiger partial charge in [0.2, 0.25) is 0 Å². The van der Waals surface area contributed by atoms with Crippen molar-refractivity contribution in [1.82, 2.24) is 0 Å². The highest BCUT2D eigenvalue weighted by Crippen LogP contribution is 2.40. The number of aryl methyl sites for hydroxylation is 1. The van der Waals surface area contributed by atoms with E-state index in [2.05, 4.69) is 10.6 Å². The number of carbonyl (C=O) groups is 1. The molecule has 0 saturated carbocycles. The molecule has 0 atom stereocenters. The number of hydrogen-bond acceptors (Lipinski definition) is 6. The van der Waals surface area contributed by atoms with Crippen molar-refractivity contribution < 1.29 is 18.8 Å². The van der Waals surface area contributed by atoms with E-state index in [1.54, 1.807) is 0 Å². The summed E-state index contributed by atoms with van der Waals surface area (Å²) in [5, 5.41) is 16.8. The highest BCUT2D eigenvalue weighted by atomic mass is 32.1. The molecule has 0 saturated heterocycles. The van der Waals surface area contributed by atoms with Crippen molar-refractivity contribution in [2.45, 2.75) is 6.92 Å². The summed E-state index contributed by atoms with van der Waals surface area (Å²) in [5.74, 6) is -1.25. The minimum Gasteiger partial charge on any atom is -0.465 e. The molecule has 0 amide bonds. The van der Waals surface area contributed by atoms with E-state index in [-0.39, 0.29) is 16.5 Å². The number of anilines is 2. The van der Waals surface area contributed by atoms with Crippen LogP contribution in [0.4, 0.5) is 20.8 Å². The summed E-state index contributed by atoms with van der Waals surface area (Å²) in [6.45, 7) is 1.86. The minimum atomic E-state index is -0.703. The van der Waals surface area contributed by atoms with Crippen LogP contribution in [0, 0.1) is 22.9 Å². The average Bonchev–Trinajstić information content (AvgIpc) is 3.04. The number of benzene rings is 2. The predicted molar refractivity (Wildman–Crippen MR) is 119 cm³/mol. The third-order valence-electron chi connectivity index (χ3n) is 4.17. The standard InChI is InChI=1S/C20H16FN3O4S2/c1-11-16(12-6-4-3-5-7-12)17(19(25)28-2)18(30-11)23-20(29)22-15-10-13(24(26)27)8-9-14(15)21/h3-10H,1-2H3,(H2,22,23,29). The maximum atomic E-state index is 14.0. The number of halogens is 1. The summed E-state index contributed by atoms with van der Waals surface area (Å²) in [6, 6.07) is 12.4. The number of ether oxygens (including phenoxy) is 1. The average molecular weight is 445 g/mol. The van der Waals surface area contributed by atoms with Gasteiger partial charge in [-0.15, -0.1) is 11.3 Å². The molecule has 1 aromatic heterocycles. The lowest BCUT2D eigenvalue weighted by Gasteiger charge is -2.12. The Kier molecular flexibility index (Phi) is 6.38. The summed E-state index contributed by atoms with van der Waals surface area (Å²) >= 11 is 6.52. The number of methoxy groups -OCH3 is 1. The highest BCUT2D eigenvalue weighted by molar-refractivity contribution is 7.80. The number of rotatable bonds is 5. The van der Waals surface area contributed by atoms with Crippen LogP contribution in [0.3, 0.4) is 0 Å². The quantitative estimate of drug-likeness (QED) is 0.236. The van der Waals surface area contributed by atoms with E-state index < -0.39 is 16.7 Å². The van der Waals surface area contributed by atoms with Crippen LogP contribution in [0.2, 0.25) is 0 Å². The van der Waals surface area contributed by atoms with Crippen LogP contribution >= 0.6 is 23.6 Å². The first-order valence-corrected chi connectivity index (χ1v) is 9.83. The van der Waals surface area contributed by atoms with Crippen molar-refractivity contribution in [1.29, 1.82) is 0 Å². The lowest BCUT2D eigenvalue weighted by molar-refractivity contribution is -0.384. The molecule has 1 heterocycles. The number of nitro benzene ring substituents is 1. The molecule has 2 aromatic carbocycles. The molecule has 3 rings (SSSR count). The maximum absolute atomic E-state index is 14.0. The number of esters is 1. The SMILES string of the molecule is COC(=O)c1c(NC(=S)Nc2cc([N+](=O)[O-])ccc2F)sc(C)c1-c1ccccc1. The van der Waals surface area contributed by atoms with Crippen LogP contribution in [0.25, 0.3) is 11.1 Å². The molecule has 0 fully saturated rings. The van der Waals surface area contributed by atoms with Crippen LogP contribution in [0.5, 0.6) is 0 Å². The molecule has 0 aliphatic heterocycles. The Morgan fingerprint density at radius 3 is 2.53 bits per heavy atom. The van der Waals surface area contributed by atoms with Crippen LogP contribution in [-0.4, -0.2) is 23.1 Å². The van der Waals surface area contributed by atoms with Gasteiger partial charge in [0.25, 0.3) is 5.69 Å². The number of non-ortho nitro benzene ring substituents is 1. The van der Waals surface area contributed by atoms with Crippen molar-refractivity contribution >= 4 is 51.0 Å². The topological polar surface area (TPSA) is 93.5 Å². The fourth-order valence-electron chi connectivity index (χ4n) is 2.86. The van der Waals surface area contributed by atoms with Crippen LogP contribution < -0.4 is 10.6 Å². The lowest BCUT2D eigenvalue weighted by atomic mass is 10.0. The Morgan fingerprint density at radius 2 is 1.90 bits per heavy atom. The molecule has 0 aliphatic carbocycles. The molecule has 2 N–H and O–H groups in total. The van der Waals surface area contributed by atoms with E-state index in [9.17, 15) is 19.3 Å². The second kappa shape index (κ2) is 8.97. The number of carbonyl (C=O) groups excluding carboxylic acids is 1. The van der Waals surface area contributed by atoms with E-state index in [1.807, 2.05) is 37.3 Å². The molecule has 0 radical (unpaired) electrons. The first-order chi connectivity index (χ1) is 14.3. The number of hydrogen-bond donors (Lipinski definition) is 2. The van der Waals surface area contributed by atoms with E-state index >= 15 is 0 Å². The van der Waals surface area contributed by atoms with E-state index in [0.717, 1.165) is 28.6 Å². The highest BCUT2D eigenvalue weighted by Gasteiger charge is 2.24. The molecular formula is C20H16FN3O4S2. The third-order valence-corrected chi connectivity index (χ3v) is 5.40. The number of thiocarbonyl (C=S) groups is 1. The largest absolute Gasteiger partial charge is 0.465 e. The lowest BCUT2D eigenvalue weighted by Crippen LogP contribution is -2.20. The normalized spacial score (nSPS) is 10.4. The van der Waals surface area contributed by atoms with Crippen molar-refractivity contribution in [2.75, 3.05) is 17.7 Å². The number of nitrogens with one attached hydrogen (secondary N) is 2. The summed E-state index contributed by atoms with van der Waals surface area (Å²) < 4.78 is 19.0. The molecule has 0 spiro atoms. The van der Waals surface area contributed by atoms with E-state index in [0.29, 0.717) is 16.1 Å². The monoisotopic (exact) mass is 445 g/mol. The van der Waals surface area contributed by atoms with Crippen molar-refractivity contribution in [3.05, 3.63) is 74.9 Å². The summed E-state index contributed by atoms with van der Waals surface area (Å²) in [4.78, 5) is 23.6. The summed E-state index contributed by atoms with van der Waals surface area (Å²) in [6.07, 6.45) is 0. The first-order valence-electron chi connectivity index (χ1n) is 8.61. The molecule has 3 aromatic rings. The molecule has 0 bridgehead atoms. The number of thiophene rings is 1. The van der Waals surface area contributed by atoms with E-state index in [4.69, 9.17) is 17.0 Å². The Labute approximate surface area is 180 Å². The van der Waals surface area contributed by atoms with Gasteiger partial charge in [0.05, 0.1) is 17.7 Å². The molecule has 0 aliphatic rings. The molecule has 30 heavy (non-hydrogen) atoms. The Morgan fingerprint density at radius 1 is 1.20 bits per heavy atom. The van der Waals surface area contributed by atoms with Gasteiger partial charge < -0.3 is 15.4 Å². The third kappa shape index (κ3) is 4.44. The molecule has 10 heteroatoms. The van der Waals surface area contributed by atoms with E-state index in [1.165, 1.54) is 18.4 Å². The Bertz CT molecular complexity index is 1130. The Hall–Kier alpha value is -3.37. The fraction of sp³-hybridized carbons (Fsp3) is 0.100. The molecule has 7 nitrogen and oxygen atoms in total. The maximum Gasteiger partial charge on any atom is 0.341 e.